The molecule has 19 heavy (non-hydrogen) atoms. The lowest BCUT2D eigenvalue weighted by Crippen LogP contribution is -2.16. The van der Waals surface area contributed by atoms with Crippen LogP contribution >= 0.6 is 39.1 Å². The van der Waals surface area contributed by atoms with Crippen molar-refractivity contribution in [2.75, 3.05) is 0 Å². The van der Waals surface area contributed by atoms with Gasteiger partial charge in [0.15, 0.2) is 10.4 Å². The molecule has 0 saturated heterocycles. The fourth-order valence-corrected chi connectivity index (χ4v) is 2.02. The van der Waals surface area contributed by atoms with Crippen LogP contribution in [-0.2, 0) is 0 Å². The molecule has 0 bridgehead atoms. The molecule has 0 aliphatic rings. The zero-order valence-electron chi connectivity index (χ0n) is 9.36. The fraction of sp³-hybridized carbons (Fsp3) is 0. The average molecular weight is 362 g/mol. The summed E-state index contributed by atoms with van der Waals surface area (Å²) < 4.78 is 5.55. The smallest absolute Gasteiger partial charge is 0.307 e. The minimum Gasteiger partial charge on any atom is -0.444 e. The highest BCUT2D eigenvalue weighted by molar-refractivity contribution is 9.10. The maximum atomic E-state index is 11.6. The highest BCUT2D eigenvalue weighted by atomic mass is 79.9. The van der Waals surface area contributed by atoms with Gasteiger partial charge in [-0.25, -0.2) is 5.43 Å². The van der Waals surface area contributed by atoms with Gasteiger partial charge in [-0.05, 0) is 40.2 Å². The predicted molar refractivity (Wildman–Crippen MR) is 77.9 cm³/mol. The second-order valence-electron chi connectivity index (χ2n) is 3.47. The summed E-state index contributed by atoms with van der Waals surface area (Å²) in [4.78, 5) is 11.6. The van der Waals surface area contributed by atoms with E-state index in [4.69, 9.17) is 27.6 Å². The van der Waals surface area contributed by atoms with Crippen molar-refractivity contribution in [2.45, 2.75) is 0 Å². The summed E-state index contributed by atoms with van der Waals surface area (Å²) in [6.45, 7) is 0. The minimum atomic E-state index is -0.452. The van der Waals surface area contributed by atoms with Gasteiger partial charge in [0.2, 0.25) is 0 Å². The molecular weight excluding hydrogens is 355 g/mol. The standard InChI is InChI=1S/C12H7BrCl2N2O2/c13-11-4-3-10(19-11)12(18)17-16-6-7-1-2-8(14)5-9(7)15/h1-6H,(H,17,18). The molecule has 0 fully saturated rings. The molecule has 2 rings (SSSR count). The molecular formula is C12H7BrCl2N2O2. The summed E-state index contributed by atoms with van der Waals surface area (Å²) in [6, 6.07) is 8.12. The summed E-state index contributed by atoms with van der Waals surface area (Å²) in [5.41, 5.74) is 2.97. The van der Waals surface area contributed by atoms with Gasteiger partial charge in [-0.2, -0.15) is 5.10 Å². The molecule has 1 amide bonds. The Morgan fingerprint density at radius 3 is 2.74 bits per heavy atom. The summed E-state index contributed by atoms with van der Waals surface area (Å²) in [5, 5.41) is 4.77. The monoisotopic (exact) mass is 360 g/mol. The largest absolute Gasteiger partial charge is 0.444 e. The number of amides is 1. The Kier molecular flexibility index (Phi) is 4.63. The van der Waals surface area contributed by atoms with E-state index in [9.17, 15) is 4.79 Å². The normalized spacial score (nSPS) is 10.9. The average Bonchev–Trinajstić information content (AvgIpc) is 2.78. The van der Waals surface area contributed by atoms with Gasteiger partial charge >= 0.3 is 5.91 Å². The second kappa shape index (κ2) is 6.23. The van der Waals surface area contributed by atoms with E-state index in [0.717, 1.165) is 0 Å². The van der Waals surface area contributed by atoms with Gasteiger partial charge in [0.1, 0.15) is 0 Å². The van der Waals surface area contributed by atoms with Crippen LogP contribution in [0.2, 0.25) is 10.0 Å². The lowest BCUT2D eigenvalue weighted by atomic mass is 10.2. The molecule has 0 aliphatic heterocycles. The van der Waals surface area contributed by atoms with E-state index in [2.05, 4.69) is 26.5 Å². The fourth-order valence-electron chi connectivity index (χ4n) is 1.26. The van der Waals surface area contributed by atoms with Crippen molar-refractivity contribution in [1.82, 2.24) is 5.43 Å². The number of rotatable bonds is 3. The van der Waals surface area contributed by atoms with Gasteiger partial charge in [0.05, 0.1) is 11.2 Å². The van der Waals surface area contributed by atoms with Gasteiger partial charge in [-0.1, -0.05) is 29.3 Å². The van der Waals surface area contributed by atoms with E-state index in [1.54, 1.807) is 24.3 Å². The van der Waals surface area contributed by atoms with Crippen LogP contribution in [0.4, 0.5) is 0 Å². The van der Waals surface area contributed by atoms with Gasteiger partial charge in [0, 0.05) is 10.6 Å². The molecule has 0 atom stereocenters. The lowest BCUT2D eigenvalue weighted by molar-refractivity contribution is 0.0926. The van der Waals surface area contributed by atoms with Crippen LogP contribution in [0.15, 0.2) is 44.5 Å². The Balaban J connectivity index is 2.02. The van der Waals surface area contributed by atoms with Crippen molar-refractivity contribution in [3.8, 4) is 0 Å². The number of benzene rings is 1. The van der Waals surface area contributed by atoms with E-state index >= 15 is 0 Å². The number of hydrogen-bond donors (Lipinski definition) is 1. The van der Waals surface area contributed by atoms with Gasteiger partial charge in [0.25, 0.3) is 0 Å². The molecule has 1 aromatic carbocycles. The van der Waals surface area contributed by atoms with E-state index in [-0.39, 0.29) is 5.76 Å². The van der Waals surface area contributed by atoms with Crippen LogP contribution in [0.25, 0.3) is 0 Å². The summed E-state index contributed by atoms with van der Waals surface area (Å²) in [7, 11) is 0. The summed E-state index contributed by atoms with van der Waals surface area (Å²) >= 11 is 14.8. The third-order valence-electron chi connectivity index (χ3n) is 2.13. The molecule has 4 nitrogen and oxygen atoms in total. The molecule has 1 N–H and O–H groups in total. The Bertz CT molecular complexity index is 640. The first-order chi connectivity index (χ1) is 9.06. The van der Waals surface area contributed by atoms with Gasteiger partial charge < -0.3 is 4.42 Å². The number of hydrazone groups is 1. The van der Waals surface area contributed by atoms with E-state index < -0.39 is 5.91 Å². The quantitative estimate of drug-likeness (QED) is 0.660. The number of nitrogens with one attached hydrogen (secondary N) is 1. The van der Waals surface area contributed by atoms with Crippen LogP contribution in [0.3, 0.4) is 0 Å². The zero-order valence-corrected chi connectivity index (χ0v) is 12.5. The number of furan rings is 1. The van der Waals surface area contributed by atoms with Crippen LogP contribution in [0.5, 0.6) is 0 Å². The second-order valence-corrected chi connectivity index (χ2v) is 5.09. The van der Waals surface area contributed by atoms with Crippen molar-refractivity contribution >= 4 is 51.3 Å². The molecule has 0 aliphatic carbocycles. The van der Waals surface area contributed by atoms with Gasteiger partial charge in [-0.3, -0.25) is 4.79 Å². The molecule has 0 saturated carbocycles. The Labute approximate surface area is 127 Å². The van der Waals surface area contributed by atoms with E-state index in [1.165, 1.54) is 12.3 Å². The predicted octanol–water partition coefficient (Wildman–Crippen LogP) is 4.11. The molecule has 1 heterocycles. The Hall–Kier alpha value is -1.30. The SMILES string of the molecule is O=C(NN=Cc1ccc(Cl)cc1Cl)c1ccc(Br)o1. The molecule has 98 valence electrons. The number of hydrogen-bond acceptors (Lipinski definition) is 3. The molecule has 0 unspecified atom stereocenters. The van der Waals surface area contributed by atoms with Crippen molar-refractivity contribution in [3.05, 3.63) is 56.4 Å². The number of carbonyl (C=O) groups excluding carboxylic acids is 1. The third kappa shape index (κ3) is 3.83. The third-order valence-corrected chi connectivity index (χ3v) is 3.12. The maximum Gasteiger partial charge on any atom is 0.307 e. The molecule has 0 radical (unpaired) electrons. The summed E-state index contributed by atoms with van der Waals surface area (Å²) in [5.74, 6) is -0.293. The minimum absolute atomic E-state index is 0.159. The van der Waals surface area contributed by atoms with Crippen LogP contribution < -0.4 is 5.43 Å². The Morgan fingerprint density at radius 1 is 1.32 bits per heavy atom. The van der Waals surface area contributed by atoms with E-state index in [0.29, 0.717) is 20.3 Å². The first-order valence-corrected chi connectivity index (χ1v) is 6.65. The molecule has 1 aromatic heterocycles. The molecule has 2 aromatic rings. The molecule has 0 spiro atoms. The lowest BCUT2D eigenvalue weighted by Gasteiger charge is -1.98. The first-order valence-electron chi connectivity index (χ1n) is 5.10. The Morgan fingerprint density at radius 2 is 2.11 bits per heavy atom. The maximum absolute atomic E-state index is 11.6. The van der Waals surface area contributed by atoms with Crippen LogP contribution in [0.1, 0.15) is 16.1 Å². The first kappa shape index (κ1) is 14.1. The highest BCUT2D eigenvalue weighted by Crippen LogP contribution is 2.19. The van der Waals surface area contributed by atoms with Crippen molar-refractivity contribution in [2.24, 2.45) is 5.10 Å². The van der Waals surface area contributed by atoms with Crippen LogP contribution in [0, 0.1) is 0 Å². The van der Waals surface area contributed by atoms with Crippen molar-refractivity contribution in [1.29, 1.82) is 0 Å². The zero-order chi connectivity index (χ0) is 13.8. The number of halogens is 3. The molecule has 7 heteroatoms. The number of nitrogens with zero attached hydrogens (tertiary/aromatic N) is 1. The number of carbonyl (C=O) groups is 1. The topological polar surface area (TPSA) is 54.6 Å². The van der Waals surface area contributed by atoms with Crippen molar-refractivity contribution < 1.29 is 9.21 Å². The highest BCUT2D eigenvalue weighted by Gasteiger charge is 2.08. The van der Waals surface area contributed by atoms with E-state index in [1.807, 2.05) is 0 Å². The van der Waals surface area contributed by atoms with Crippen LogP contribution in [-0.4, -0.2) is 12.1 Å². The van der Waals surface area contributed by atoms with Gasteiger partial charge in [-0.15, -0.1) is 0 Å². The van der Waals surface area contributed by atoms with Crippen molar-refractivity contribution in [3.63, 3.8) is 0 Å². The summed E-state index contributed by atoms with van der Waals surface area (Å²) in [6.07, 6.45) is 1.43.